The fourth-order valence-electron chi connectivity index (χ4n) is 1.29. The molecule has 74 valence electrons. The molecule has 0 saturated carbocycles. The lowest BCUT2D eigenvalue weighted by Crippen LogP contribution is -2.01. The highest BCUT2D eigenvalue weighted by atomic mass is 16.4. The van der Waals surface area contributed by atoms with Gasteiger partial charge in [-0.1, -0.05) is 5.21 Å². The van der Waals surface area contributed by atoms with Crippen LogP contribution >= 0.6 is 0 Å². The van der Waals surface area contributed by atoms with Crippen molar-refractivity contribution in [3.63, 3.8) is 0 Å². The Balaban J connectivity index is 2.46. The van der Waals surface area contributed by atoms with Gasteiger partial charge in [-0.15, -0.1) is 5.10 Å². The summed E-state index contributed by atoms with van der Waals surface area (Å²) in [6.45, 7) is 4.20. The summed E-state index contributed by atoms with van der Waals surface area (Å²) in [5, 5.41) is 7.91. The van der Waals surface area contributed by atoms with E-state index in [9.17, 15) is 0 Å². The molecule has 2 aromatic heterocycles. The molecule has 0 radical (unpaired) electrons. The monoisotopic (exact) mass is 192 g/mol. The molecule has 0 amide bonds. The van der Waals surface area contributed by atoms with Gasteiger partial charge in [0.15, 0.2) is 0 Å². The molecule has 0 aromatic carbocycles. The third kappa shape index (κ3) is 1.31. The molecule has 0 fully saturated rings. The molecule has 0 unspecified atom stereocenters. The second-order valence-corrected chi connectivity index (χ2v) is 3.12. The number of furan rings is 1. The lowest BCUT2D eigenvalue weighted by atomic mass is 10.3. The van der Waals surface area contributed by atoms with Crippen molar-refractivity contribution < 1.29 is 4.42 Å². The Morgan fingerprint density at radius 1 is 1.43 bits per heavy atom. The van der Waals surface area contributed by atoms with Crippen LogP contribution in [-0.2, 0) is 6.54 Å². The molecule has 2 N–H and O–H groups in total. The van der Waals surface area contributed by atoms with E-state index in [0.29, 0.717) is 12.4 Å². The summed E-state index contributed by atoms with van der Waals surface area (Å²) in [5.41, 5.74) is 7.21. The van der Waals surface area contributed by atoms with Gasteiger partial charge in [-0.2, -0.15) is 4.68 Å². The van der Waals surface area contributed by atoms with Crippen LogP contribution in [0.25, 0.3) is 5.88 Å². The molecule has 0 aliphatic heterocycles. The third-order valence-electron chi connectivity index (χ3n) is 2.12. The van der Waals surface area contributed by atoms with Gasteiger partial charge in [-0.05, 0) is 19.9 Å². The Hall–Kier alpha value is -1.62. The summed E-state index contributed by atoms with van der Waals surface area (Å²) in [6.07, 6.45) is 0. The number of aryl methyl sites for hydroxylation is 1. The largest absolute Gasteiger partial charge is 0.444 e. The number of aromatic nitrogens is 3. The van der Waals surface area contributed by atoms with Crippen LogP contribution in [0.15, 0.2) is 16.5 Å². The zero-order valence-electron chi connectivity index (χ0n) is 8.19. The van der Waals surface area contributed by atoms with Crippen LogP contribution in [-0.4, -0.2) is 15.0 Å². The van der Waals surface area contributed by atoms with Gasteiger partial charge in [0, 0.05) is 12.6 Å². The zero-order valence-corrected chi connectivity index (χ0v) is 8.19. The normalized spacial score (nSPS) is 10.8. The van der Waals surface area contributed by atoms with Gasteiger partial charge in [0.25, 0.3) is 0 Å². The van der Waals surface area contributed by atoms with Gasteiger partial charge >= 0.3 is 0 Å². The van der Waals surface area contributed by atoms with Crippen molar-refractivity contribution in [2.75, 3.05) is 0 Å². The molecule has 0 bridgehead atoms. The van der Waals surface area contributed by atoms with Crippen LogP contribution in [0.5, 0.6) is 0 Å². The van der Waals surface area contributed by atoms with Crippen LogP contribution in [0, 0.1) is 13.8 Å². The van der Waals surface area contributed by atoms with E-state index in [4.69, 9.17) is 10.2 Å². The maximum Gasteiger partial charge on any atom is 0.221 e. The lowest BCUT2D eigenvalue weighted by molar-refractivity contribution is 0.489. The summed E-state index contributed by atoms with van der Waals surface area (Å²) >= 11 is 0. The van der Waals surface area contributed by atoms with Crippen molar-refractivity contribution in [3.8, 4) is 5.88 Å². The van der Waals surface area contributed by atoms with E-state index < -0.39 is 0 Å². The molecule has 0 atom stereocenters. The van der Waals surface area contributed by atoms with Gasteiger partial charge in [0.2, 0.25) is 5.88 Å². The topological polar surface area (TPSA) is 69.9 Å². The van der Waals surface area contributed by atoms with E-state index in [0.717, 1.165) is 17.1 Å². The number of rotatable bonds is 2. The quantitative estimate of drug-likeness (QED) is 0.768. The lowest BCUT2D eigenvalue weighted by Gasteiger charge is -1.97. The molecule has 0 aliphatic carbocycles. The maximum absolute atomic E-state index is 5.50. The maximum atomic E-state index is 5.50. The molecule has 2 rings (SSSR count). The van der Waals surface area contributed by atoms with Crippen molar-refractivity contribution in [1.29, 1.82) is 0 Å². The van der Waals surface area contributed by atoms with Gasteiger partial charge in [-0.25, -0.2) is 0 Å². The number of hydrogen-bond donors (Lipinski definition) is 1. The highest BCUT2D eigenvalue weighted by Gasteiger charge is 2.10. The fourth-order valence-corrected chi connectivity index (χ4v) is 1.29. The van der Waals surface area contributed by atoms with E-state index in [-0.39, 0.29) is 0 Å². The van der Waals surface area contributed by atoms with Crippen LogP contribution in [0.3, 0.4) is 0 Å². The molecule has 5 heteroatoms. The minimum Gasteiger partial charge on any atom is -0.444 e. The summed E-state index contributed by atoms with van der Waals surface area (Å²) < 4.78 is 7.08. The molecule has 5 nitrogen and oxygen atoms in total. The summed E-state index contributed by atoms with van der Waals surface area (Å²) in [4.78, 5) is 0. The Kier molecular flexibility index (Phi) is 2.09. The third-order valence-corrected chi connectivity index (χ3v) is 2.12. The van der Waals surface area contributed by atoms with E-state index in [2.05, 4.69) is 10.3 Å². The van der Waals surface area contributed by atoms with Crippen LogP contribution < -0.4 is 5.73 Å². The highest BCUT2D eigenvalue weighted by molar-refractivity contribution is 5.24. The number of nitrogens with two attached hydrogens (primary N) is 1. The molecule has 2 aromatic rings. The van der Waals surface area contributed by atoms with Crippen molar-refractivity contribution in [2.24, 2.45) is 5.73 Å². The highest BCUT2D eigenvalue weighted by Crippen LogP contribution is 2.14. The average Bonchev–Trinajstić information content (AvgIpc) is 2.72. The first-order valence-corrected chi connectivity index (χ1v) is 4.40. The number of nitrogens with zero attached hydrogens (tertiary/aromatic N) is 3. The molecule has 0 aliphatic rings. The SMILES string of the molecule is Cc1ccc(-n2nnc(CN)c2C)o1. The minimum atomic E-state index is 0.394. The second-order valence-electron chi connectivity index (χ2n) is 3.12. The Bertz CT molecular complexity index is 443. The molecule has 2 heterocycles. The van der Waals surface area contributed by atoms with Crippen molar-refractivity contribution >= 4 is 0 Å². The Morgan fingerprint density at radius 3 is 2.71 bits per heavy atom. The molecule has 0 saturated heterocycles. The van der Waals surface area contributed by atoms with Crippen LogP contribution in [0.2, 0.25) is 0 Å². The van der Waals surface area contributed by atoms with Crippen molar-refractivity contribution in [3.05, 3.63) is 29.3 Å². The average molecular weight is 192 g/mol. The van der Waals surface area contributed by atoms with Crippen LogP contribution in [0.1, 0.15) is 17.1 Å². The first-order valence-electron chi connectivity index (χ1n) is 4.40. The van der Waals surface area contributed by atoms with E-state index in [1.54, 1.807) is 4.68 Å². The van der Waals surface area contributed by atoms with Crippen LogP contribution in [0.4, 0.5) is 0 Å². The predicted molar refractivity (Wildman–Crippen MR) is 51.0 cm³/mol. The Morgan fingerprint density at radius 2 is 2.21 bits per heavy atom. The predicted octanol–water partition coefficient (Wildman–Crippen LogP) is 0.936. The number of hydrogen-bond acceptors (Lipinski definition) is 4. The fraction of sp³-hybridized carbons (Fsp3) is 0.333. The van der Waals surface area contributed by atoms with E-state index >= 15 is 0 Å². The van der Waals surface area contributed by atoms with Crippen molar-refractivity contribution in [1.82, 2.24) is 15.0 Å². The summed E-state index contributed by atoms with van der Waals surface area (Å²) in [6, 6.07) is 3.75. The molecule has 14 heavy (non-hydrogen) atoms. The van der Waals surface area contributed by atoms with Gasteiger partial charge in [0.05, 0.1) is 11.4 Å². The zero-order chi connectivity index (χ0) is 10.1. The van der Waals surface area contributed by atoms with Gasteiger partial charge in [-0.3, -0.25) is 0 Å². The molecular weight excluding hydrogens is 180 g/mol. The molecule has 0 spiro atoms. The first kappa shape index (κ1) is 8.96. The summed E-state index contributed by atoms with van der Waals surface area (Å²) in [5.74, 6) is 1.52. The standard InChI is InChI=1S/C9H12N4O/c1-6-3-4-9(14-6)13-7(2)8(5-10)11-12-13/h3-4H,5,10H2,1-2H3. The summed E-state index contributed by atoms with van der Waals surface area (Å²) in [7, 11) is 0. The van der Waals surface area contributed by atoms with Gasteiger partial charge in [0.1, 0.15) is 5.76 Å². The minimum absolute atomic E-state index is 0.394. The van der Waals surface area contributed by atoms with Gasteiger partial charge < -0.3 is 10.2 Å². The van der Waals surface area contributed by atoms with Crippen molar-refractivity contribution in [2.45, 2.75) is 20.4 Å². The molecular formula is C9H12N4O. The second kappa shape index (κ2) is 3.26. The van der Waals surface area contributed by atoms with E-state index in [1.807, 2.05) is 26.0 Å². The van der Waals surface area contributed by atoms with E-state index in [1.165, 1.54) is 0 Å². The smallest absolute Gasteiger partial charge is 0.221 e. The Labute approximate surface area is 81.5 Å². The first-order chi connectivity index (χ1) is 6.72.